The number of thiophene rings is 1. The zero-order valence-electron chi connectivity index (χ0n) is 7.16. The van der Waals surface area contributed by atoms with Crippen LogP contribution in [-0.2, 0) is 4.79 Å². The molecule has 0 aromatic carbocycles. The Morgan fingerprint density at radius 1 is 1.46 bits per heavy atom. The molecule has 3 heteroatoms. The number of ketones is 2. The Morgan fingerprint density at radius 2 is 2.23 bits per heavy atom. The molecule has 13 heavy (non-hydrogen) atoms. The van der Waals surface area contributed by atoms with Crippen molar-refractivity contribution < 1.29 is 9.59 Å². The largest absolute Gasteiger partial charge is 0.290 e. The molecule has 0 radical (unpaired) electrons. The lowest BCUT2D eigenvalue weighted by Crippen LogP contribution is -2.12. The first-order chi connectivity index (χ1) is 6.27. The van der Waals surface area contributed by atoms with Crippen molar-refractivity contribution in [3.8, 4) is 0 Å². The average Bonchev–Trinajstić information content (AvgIpc) is 2.78. The fourth-order valence-corrected chi connectivity index (χ4v) is 1.90. The van der Waals surface area contributed by atoms with Gasteiger partial charge >= 0.3 is 0 Å². The van der Waals surface area contributed by atoms with Crippen LogP contribution in [0, 0.1) is 5.92 Å². The van der Waals surface area contributed by atoms with E-state index in [1.54, 1.807) is 12.1 Å². The van der Waals surface area contributed by atoms with Gasteiger partial charge in [-0.1, -0.05) is 6.07 Å². The highest BCUT2D eigenvalue weighted by Crippen LogP contribution is 2.32. The lowest BCUT2D eigenvalue weighted by Gasteiger charge is -1.94. The summed E-state index contributed by atoms with van der Waals surface area (Å²) in [6.07, 6.45) is 2.68. The minimum Gasteiger partial charge on any atom is -0.290 e. The highest BCUT2D eigenvalue weighted by atomic mass is 32.1. The first kappa shape index (κ1) is 8.63. The Labute approximate surface area is 80.6 Å². The zero-order chi connectivity index (χ0) is 9.26. The lowest BCUT2D eigenvalue weighted by molar-refractivity contribution is -0.115. The van der Waals surface area contributed by atoms with Gasteiger partial charge in [-0.25, -0.2) is 0 Å². The number of hydrogen-bond acceptors (Lipinski definition) is 3. The van der Waals surface area contributed by atoms with E-state index in [9.17, 15) is 9.59 Å². The summed E-state index contributed by atoms with van der Waals surface area (Å²) in [5, 5.41) is 1.82. The van der Waals surface area contributed by atoms with E-state index in [0.29, 0.717) is 17.2 Å². The first-order valence-corrected chi connectivity index (χ1v) is 5.26. The number of rotatable bonds is 4. The molecule has 1 aliphatic rings. The van der Waals surface area contributed by atoms with Crippen molar-refractivity contribution in [2.24, 2.45) is 5.92 Å². The standard InChI is InChI=1S/C10H10O2S/c11-8(6-7-3-4-7)10(12)9-2-1-5-13-9/h1-2,5,7H,3-4,6H2. The van der Waals surface area contributed by atoms with Gasteiger partial charge in [-0.3, -0.25) is 9.59 Å². The molecule has 0 saturated heterocycles. The number of carbonyl (C=O) groups is 2. The van der Waals surface area contributed by atoms with Crippen LogP contribution < -0.4 is 0 Å². The highest BCUT2D eigenvalue weighted by molar-refractivity contribution is 7.13. The molecule has 2 nitrogen and oxygen atoms in total. The van der Waals surface area contributed by atoms with Gasteiger partial charge in [-0.05, 0) is 30.2 Å². The van der Waals surface area contributed by atoms with E-state index in [1.807, 2.05) is 5.38 Å². The number of hydrogen-bond donors (Lipinski definition) is 0. The molecular weight excluding hydrogens is 184 g/mol. The minimum absolute atomic E-state index is 0.218. The predicted octanol–water partition coefficient (Wildman–Crippen LogP) is 2.30. The summed E-state index contributed by atoms with van der Waals surface area (Å²) in [7, 11) is 0. The van der Waals surface area contributed by atoms with Crippen LogP contribution in [0.25, 0.3) is 0 Å². The van der Waals surface area contributed by atoms with Gasteiger partial charge in [0.1, 0.15) is 0 Å². The summed E-state index contributed by atoms with van der Waals surface area (Å²) in [4.78, 5) is 23.4. The van der Waals surface area contributed by atoms with E-state index in [-0.39, 0.29) is 11.6 Å². The number of Topliss-reactive ketones (excluding diaryl/α,β-unsaturated/α-hetero) is 2. The topological polar surface area (TPSA) is 34.1 Å². The van der Waals surface area contributed by atoms with Crippen LogP contribution in [0.5, 0.6) is 0 Å². The summed E-state index contributed by atoms with van der Waals surface area (Å²) < 4.78 is 0. The van der Waals surface area contributed by atoms with E-state index in [2.05, 4.69) is 0 Å². The molecule has 68 valence electrons. The Hall–Kier alpha value is -0.960. The summed E-state index contributed by atoms with van der Waals surface area (Å²) in [6, 6.07) is 3.50. The fourth-order valence-electron chi connectivity index (χ4n) is 1.22. The summed E-state index contributed by atoms with van der Waals surface area (Å²) in [5.41, 5.74) is 0. The van der Waals surface area contributed by atoms with Crippen LogP contribution in [0.15, 0.2) is 17.5 Å². The zero-order valence-corrected chi connectivity index (χ0v) is 7.97. The molecule has 2 rings (SSSR count). The van der Waals surface area contributed by atoms with E-state index >= 15 is 0 Å². The van der Waals surface area contributed by atoms with Gasteiger partial charge in [0.15, 0.2) is 0 Å². The van der Waals surface area contributed by atoms with Gasteiger partial charge in [0.05, 0.1) is 4.88 Å². The SMILES string of the molecule is O=C(CC1CC1)C(=O)c1cccs1. The molecular formula is C10H10O2S. The Balaban J connectivity index is 1.99. The van der Waals surface area contributed by atoms with Crippen molar-refractivity contribution in [2.45, 2.75) is 19.3 Å². The minimum atomic E-state index is -0.304. The summed E-state index contributed by atoms with van der Waals surface area (Å²) >= 11 is 1.34. The van der Waals surface area contributed by atoms with E-state index < -0.39 is 0 Å². The molecule has 0 amide bonds. The first-order valence-electron chi connectivity index (χ1n) is 4.38. The maximum atomic E-state index is 11.4. The van der Waals surface area contributed by atoms with Crippen LogP contribution in [-0.4, -0.2) is 11.6 Å². The van der Waals surface area contributed by atoms with Gasteiger partial charge in [0.25, 0.3) is 0 Å². The Morgan fingerprint density at radius 3 is 2.77 bits per heavy atom. The molecule has 0 spiro atoms. The molecule has 0 atom stereocenters. The van der Waals surface area contributed by atoms with E-state index in [0.717, 1.165) is 12.8 Å². The molecule has 0 N–H and O–H groups in total. The van der Waals surface area contributed by atoms with Crippen LogP contribution in [0.2, 0.25) is 0 Å². The molecule has 1 aromatic rings. The van der Waals surface area contributed by atoms with Gasteiger partial charge < -0.3 is 0 Å². The predicted molar refractivity (Wildman–Crippen MR) is 51.0 cm³/mol. The summed E-state index contributed by atoms with van der Waals surface area (Å²) in [5.74, 6) is -0.0248. The van der Waals surface area contributed by atoms with E-state index in [1.165, 1.54) is 11.3 Å². The van der Waals surface area contributed by atoms with Gasteiger partial charge in [-0.2, -0.15) is 0 Å². The molecule has 1 saturated carbocycles. The molecule has 1 aliphatic carbocycles. The molecule has 1 aromatic heterocycles. The highest BCUT2D eigenvalue weighted by Gasteiger charge is 2.28. The summed E-state index contributed by atoms with van der Waals surface area (Å²) in [6.45, 7) is 0. The van der Waals surface area contributed by atoms with Crippen LogP contribution in [0.3, 0.4) is 0 Å². The third-order valence-corrected chi connectivity index (χ3v) is 3.04. The van der Waals surface area contributed by atoms with Crippen molar-refractivity contribution >= 4 is 22.9 Å². The molecule has 0 aliphatic heterocycles. The fraction of sp³-hybridized carbons (Fsp3) is 0.400. The molecule has 1 heterocycles. The van der Waals surface area contributed by atoms with Crippen molar-refractivity contribution in [1.29, 1.82) is 0 Å². The Bertz CT molecular complexity index is 323. The van der Waals surface area contributed by atoms with Gasteiger partial charge in [-0.15, -0.1) is 11.3 Å². The second kappa shape index (κ2) is 3.42. The molecule has 0 unspecified atom stereocenters. The monoisotopic (exact) mass is 194 g/mol. The van der Waals surface area contributed by atoms with Crippen molar-refractivity contribution in [2.75, 3.05) is 0 Å². The smallest absolute Gasteiger partial charge is 0.238 e. The maximum Gasteiger partial charge on any atom is 0.238 e. The lowest BCUT2D eigenvalue weighted by atomic mass is 10.1. The second-order valence-electron chi connectivity index (χ2n) is 3.38. The molecule has 0 bridgehead atoms. The quantitative estimate of drug-likeness (QED) is 0.544. The number of carbonyl (C=O) groups excluding carboxylic acids is 2. The van der Waals surface area contributed by atoms with Crippen LogP contribution in [0.4, 0.5) is 0 Å². The average molecular weight is 194 g/mol. The van der Waals surface area contributed by atoms with Gasteiger partial charge in [0.2, 0.25) is 11.6 Å². The molecule has 1 fully saturated rings. The Kier molecular flexibility index (Phi) is 2.27. The van der Waals surface area contributed by atoms with Crippen LogP contribution >= 0.6 is 11.3 Å². The maximum absolute atomic E-state index is 11.4. The van der Waals surface area contributed by atoms with E-state index in [4.69, 9.17) is 0 Å². The normalized spacial score (nSPS) is 15.7. The van der Waals surface area contributed by atoms with Crippen molar-refractivity contribution in [1.82, 2.24) is 0 Å². The third-order valence-electron chi connectivity index (χ3n) is 2.17. The second-order valence-corrected chi connectivity index (χ2v) is 4.32. The third kappa shape index (κ3) is 2.04. The van der Waals surface area contributed by atoms with Crippen molar-refractivity contribution in [3.63, 3.8) is 0 Å². The van der Waals surface area contributed by atoms with Crippen LogP contribution in [0.1, 0.15) is 28.9 Å². The van der Waals surface area contributed by atoms with Gasteiger partial charge in [0, 0.05) is 6.42 Å². The van der Waals surface area contributed by atoms with Crippen molar-refractivity contribution in [3.05, 3.63) is 22.4 Å².